The van der Waals surface area contributed by atoms with Crippen LogP contribution < -0.4 is 5.32 Å². The van der Waals surface area contributed by atoms with E-state index >= 15 is 0 Å². The first-order valence-corrected chi connectivity index (χ1v) is 6.96. The molecule has 0 aromatic carbocycles. The lowest BCUT2D eigenvalue weighted by atomic mass is 10.1. The number of methoxy groups -OCH3 is 1. The number of aliphatic hydroxyl groups excluding tert-OH is 1. The van der Waals surface area contributed by atoms with E-state index in [4.69, 9.17) is 9.84 Å². The highest BCUT2D eigenvalue weighted by atomic mass is 32.2. The molecule has 1 aliphatic heterocycles. The van der Waals surface area contributed by atoms with Crippen LogP contribution in [0.15, 0.2) is 0 Å². The summed E-state index contributed by atoms with van der Waals surface area (Å²) in [6.45, 7) is 0.805. The summed E-state index contributed by atoms with van der Waals surface area (Å²) in [5.74, 6) is 1.60. The fraction of sp³-hybridized carbons (Fsp3) is 1.00. The molecular weight excluding hydrogens is 214 g/mol. The Morgan fingerprint density at radius 2 is 2.20 bits per heavy atom. The quantitative estimate of drug-likeness (QED) is 0.674. The summed E-state index contributed by atoms with van der Waals surface area (Å²) in [5, 5.41) is 12.3. The van der Waals surface area contributed by atoms with E-state index in [9.17, 15) is 4.21 Å². The van der Waals surface area contributed by atoms with Gasteiger partial charge in [-0.05, 0) is 19.3 Å². The number of hydrogen-bond acceptors (Lipinski definition) is 4. The second-order valence-corrected chi connectivity index (χ2v) is 5.65. The summed E-state index contributed by atoms with van der Waals surface area (Å²) in [7, 11) is 1.06. The summed E-state index contributed by atoms with van der Waals surface area (Å²) < 4.78 is 16.3. The lowest BCUT2D eigenvalue weighted by Crippen LogP contribution is -2.44. The molecule has 1 rings (SSSR count). The topological polar surface area (TPSA) is 58.6 Å². The highest BCUT2D eigenvalue weighted by Crippen LogP contribution is 2.10. The van der Waals surface area contributed by atoms with Crippen molar-refractivity contribution in [2.75, 3.05) is 31.8 Å². The molecule has 0 radical (unpaired) electrons. The van der Waals surface area contributed by atoms with Gasteiger partial charge in [0.15, 0.2) is 0 Å². The van der Waals surface area contributed by atoms with E-state index in [-0.39, 0.29) is 12.6 Å². The fourth-order valence-corrected chi connectivity index (χ4v) is 3.16. The van der Waals surface area contributed by atoms with Gasteiger partial charge >= 0.3 is 0 Å². The van der Waals surface area contributed by atoms with E-state index in [1.807, 2.05) is 0 Å². The minimum absolute atomic E-state index is 0.180. The maximum absolute atomic E-state index is 11.2. The standard InChI is InChI=1S/C10H21NO3S/c1-14-8-10(2-5-12)11-9-3-6-15(13)7-4-9/h9-12H,2-8H2,1H3. The van der Waals surface area contributed by atoms with Crippen LogP contribution in [0.5, 0.6) is 0 Å². The number of nitrogens with one attached hydrogen (secondary N) is 1. The van der Waals surface area contributed by atoms with Crippen molar-refractivity contribution < 1.29 is 14.1 Å². The van der Waals surface area contributed by atoms with Crippen molar-refractivity contribution >= 4 is 10.8 Å². The lowest BCUT2D eigenvalue weighted by Gasteiger charge is -2.27. The molecule has 1 aliphatic rings. The number of hydrogen-bond donors (Lipinski definition) is 2. The zero-order chi connectivity index (χ0) is 11.1. The first-order chi connectivity index (χ1) is 7.26. The average molecular weight is 235 g/mol. The molecule has 0 aliphatic carbocycles. The van der Waals surface area contributed by atoms with Gasteiger partial charge in [0.1, 0.15) is 0 Å². The molecule has 1 fully saturated rings. The number of aliphatic hydroxyl groups is 1. The van der Waals surface area contributed by atoms with Gasteiger partial charge in [-0.15, -0.1) is 0 Å². The van der Waals surface area contributed by atoms with Crippen LogP contribution in [0.4, 0.5) is 0 Å². The Balaban J connectivity index is 2.27. The number of rotatable bonds is 6. The molecule has 1 heterocycles. The summed E-state index contributed by atoms with van der Waals surface area (Å²) in [6.07, 6.45) is 2.66. The molecule has 0 spiro atoms. The molecule has 15 heavy (non-hydrogen) atoms. The first-order valence-electron chi connectivity index (χ1n) is 5.47. The van der Waals surface area contributed by atoms with Crippen LogP contribution in [0.1, 0.15) is 19.3 Å². The molecule has 0 aromatic heterocycles. The van der Waals surface area contributed by atoms with E-state index in [0.29, 0.717) is 19.1 Å². The smallest absolute Gasteiger partial charge is 0.0616 e. The van der Waals surface area contributed by atoms with Crippen LogP contribution in [-0.2, 0) is 15.5 Å². The maximum atomic E-state index is 11.2. The molecule has 1 saturated heterocycles. The van der Waals surface area contributed by atoms with Gasteiger partial charge in [-0.2, -0.15) is 0 Å². The third-order valence-electron chi connectivity index (χ3n) is 2.70. The van der Waals surface area contributed by atoms with Crippen molar-refractivity contribution in [3.63, 3.8) is 0 Å². The normalized spacial score (nSPS) is 28.9. The van der Waals surface area contributed by atoms with E-state index in [2.05, 4.69) is 5.32 Å². The summed E-state index contributed by atoms with van der Waals surface area (Å²) in [4.78, 5) is 0. The van der Waals surface area contributed by atoms with E-state index < -0.39 is 10.8 Å². The molecule has 5 heteroatoms. The van der Waals surface area contributed by atoms with Gasteiger partial charge in [-0.3, -0.25) is 4.21 Å². The Hall–Kier alpha value is 0.0300. The fourth-order valence-electron chi connectivity index (χ4n) is 1.87. The van der Waals surface area contributed by atoms with E-state index in [0.717, 1.165) is 24.3 Å². The van der Waals surface area contributed by atoms with Crippen molar-refractivity contribution in [1.82, 2.24) is 5.32 Å². The zero-order valence-electron chi connectivity index (χ0n) is 9.28. The molecule has 1 atom stereocenters. The molecule has 90 valence electrons. The SMILES string of the molecule is COCC(CCO)NC1CCS(=O)CC1. The minimum atomic E-state index is -0.604. The predicted octanol–water partition coefficient (Wildman–Crippen LogP) is -0.115. The van der Waals surface area contributed by atoms with Gasteiger partial charge in [0, 0.05) is 48.1 Å². The van der Waals surface area contributed by atoms with Crippen molar-refractivity contribution in [3.8, 4) is 0 Å². The molecule has 2 N–H and O–H groups in total. The third kappa shape index (κ3) is 5.06. The van der Waals surface area contributed by atoms with Gasteiger partial charge in [0.2, 0.25) is 0 Å². The largest absolute Gasteiger partial charge is 0.396 e. The maximum Gasteiger partial charge on any atom is 0.0616 e. The van der Waals surface area contributed by atoms with Crippen molar-refractivity contribution in [1.29, 1.82) is 0 Å². The lowest BCUT2D eigenvalue weighted by molar-refractivity contribution is 0.141. The number of ether oxygens (including phenoxy) is 1. The Kier molecular flexibility index (Phi) is 6.40. The van der Waals surface area contributed by atoms with Crippen LogP contribution in [0.25, 0.3) is 0 Å². The van der Waals surface area contributed by atoms with Crippen molar-refractivity contribution in [2.24, 2.45) is 0 Å². The van der Waals surface area contributed by atoms with Crippen LogP contribution in [0.3, 0.4) is 0 Å². The minimum Gasteiger partial charge on any atom is -0.396 e. The van der Waals surface area contributed by atoms with Crippen molar-refractivity contribution in [3.05, 3.63) is 0 Å². The summed E-state index contributed by atoms with van der Waals surface area (Å²) in [6, 6.07) is 0.658. The molecule has 0 amide bonds. The van der Waals surface area contributed by atoms with Crippen LogP contribution in [0.2, 0.25) is 0 Å². The second kappa shape index (κ2) is 7.33. The highest BCUT2D eigenvalue weighted by Gasteiger charge is 2.20. The summed E-state index contributed by atoms with van der Waals surface area (Å²) >= 11 is 0. The van der Waals surface area contributed by atoms with Gasteiger partial charge in [-0.25, -0.2) is 0 Å². The second-order valence-electron chi connectivity index (χ2n) is 3.95. The van der Waals surface area contributed by atoms with Gasteiger partial charge in [-0.1, -0.05) is 0 Å². The third-order valence-corrected chi connectivity index (χ3v) is 4.09. The van der Waals surface area contributed by atoms with Crippen LogP contribution >= 0.6 is 0 Å². The zero-order valence-corrected chi connectivity index (χ0v) is 10.1. The van der Waals surface area contributed by atoms with Gasteiger partial charge in [0.05, 0.1) is 6.61 Å². The molecule has 4 nitrogen and oxygen atoms in total. The molecule has 0 aromatic rings. The Morgan fingerprint density at radius 1 is 1.53 bits per heavy atom. The Morgan fingerprint density at radius 3 is 2.73 bits per heavy atom. The molecule has 0 bridgehead atoms. The first kappa shape index (κ1) is 13.1. The molecule has 1 unspecified atom stereocenters. The average Bonchev–Trinajstić information content (AvgIpc) is 2.22. The molecule has 0 saturated carbocycles. The highest BCUT2D eigenvalue weighted by molar-refractivity contribution is 7.85. The Bertz CT molecular complexity index is 185. The van der Waals surface area contributed by atoms with Gasteiger partial charge < -0.3 is 15.2 Å². The predicted molar refractivity (Wildman–Crippen MR) is 61.4 cm³/mol. The van der Waals surface area contributed by atoms with E-state index in [1.165, 1.54) is 0 Å². The Labute approximate surface area is 93.8 Å². The van der Waals surface area contributed by atoms with Gasteiger partial charge in [0.25, 0.3) is 0 Å². The van der Waals surface area contributed by atoms with Crippen LogP contribution in [-0.4, -0.2) is 53.2 Å². The van der Waals surface area contributed by atoms with Crippen molar-refractivity contribution in [2.45, 2.75) is 31.3 Å². The van der Waals surface area contributed by atoms with Crippen LogP contribution in [0, 0.1) is 0 Å². The summed E-state index contributed by atoms with van der Waals surface area (Å²) in [5.41, 5.74) is 0. The van der Waals surface area contributed by atoms with E-state index in [1.54, 1.807) is 7.11 Å². The molecular formula is C10H21NO3S. The monoisotopic (exact) mass is 235 g/mol.